The molecule has 1 unspecified atom stereocenters. The van der Waals surface area contributed by atoms with E-state index in [1.807, 2.05) is 48.5 Å². The molecule has 10 aliphatic carbocycles. The Balaban J connectivity index is 0.000000148. The van der Waals surface area contributed by atoms with E-state index in [9.17, 15) is 83.8 Å². The van der Waals surface area contributed by atoms with Crippen molar-refractivity contribution in [2.24, 2.45) is 102 Å². The highest BCUT2D eigenvalue weighted by Gasteiger charge is 2.73. The standard InChI is InChI=1S/2C34H47BFNO9.C33H45BFNO8/c2*1-19-7-12-34-13-8-23(39)30(34)33(19,4)25(46-27(41)18-44-24-6-5-21-17-45-35(43)28(21)29(24)36)15-32(3,31(42)20(34)2)11-9-26(40)37-14-10-22(38)16-37;1-18-9-13-33-14-10-22(37)29(33)32(18,4)24(15-31(3,30(40)19(33)2)12-11-25(38)36-21-6-7-21)44-26(39)17-42-23-8-5-20-16-43-34(41)27(20)28(23)35/h2*5-6,19-20,22,25,30-31,38,42-43H,7-18H2,1-4H3;5,8,18-19,21,24,29-30,40-41H,6-7,9-17H2,1-4H3,(H,36,38)/t19-,20+,22?,25-,30+,31+,32-,33+,34+;19-,20+,22+,25-,30+,31+,32-,33+,34+;18-,19+,24-,29+,30+,31-,32+,33+/m111/s1. The summed E-state index contributed by atoms with van der Waals surface area (Å²) in [6.07, 6.45) is 7.74. The van der Waals surface area contributed by atoms with E-state index in [0.29, 0.717) is 113 Å². The van der Waals surface area contributed by atoms with Crippen molar-refractivity contribution in [3.63, 3.8) is 0 Å². The Morgan fingerprint density at radius 2 is 0.721 bits per heavy atom. The van der Waals surface area contributed by atoms with E-state index in [1.165, 1.54) is 18.2 Å². The number of β-amino-alcohol motifs (C(OH)–C–C–N with tert-alkyl or cyclic N) is 2. The SMILES string of the molecule is C[C@@H]1CC[C@@]23CCC(=O)[C@H]2[C@]1(C)[C@H](OC(=O)COc1ccc2c(c1F)B(O)OC2)C[C@@](C)(CCC(=O)N1CCC(O)C1)[C@@H](O)[C@@H]3C.C[C@@H]1CC[C@@]23CCC(=O)[C@H]2[C@]1(C)[C@H](OC(=O)COc1ccc2c(c1F)B(O)OC2)C[C@@](C)(CCC(=O)N1CC[C@H](O)C1)[C@@H](O)[C@@H]3C.C[C@@H]1CC[C@@]23CCC(=O)[C@H]2[C@]1(C)[C@H](OC(=O)COc1ccc2c(c1F)B(O)OC2)C[C@@](C)(CCC(=O)NC1CC1)[C@@H](O)[C@@H]3C. The molecule has 3 amide bonds. The summed E-state index contributed by atoms with van der Waals surface area (Å²) < 4.78 is 96.2. The summed E-state index contributed by atoms with van der Waals surface area (Å²) in [5.74, 6) is -6.61. The first-order chi connectivity index (χ1) is 64.2. The van der Waals surface area contributed by atoms with E-state index < -0.39 is 186 Å². The van der Waals surface area contributed by atoms with Crippen LogP contribution in [0.4, 0.5) is 13.2 Å². The van der Waals surface area contributed by atoms with Crippen molar-refractivity contribution in [3.05, 3.63) is 70.5 Å². The van der Waals surface area contributed by atoms with Crippen LogP contribution < -0.4 is 35.9 Å². The van der Waals surface area contributed by atoms with Gasteiger partial charge in [-0.05, 0) is 225 Å². The van der Waals surface area contributed by atoms with Crippen LogP contribution in [0.5, 0.6) is 17.2 Å². The van der Waals surface area contributed by atoms with Crippen molar-refractivity contribution < 1.29 is 139 Å². The van der Waals surface area contributed by atoms with Crippen LogP contribution in [-0.4, -0.2) is 226 Å². The van der Waals surface area contributed by atoms with Gasteiger partial charge in [-0.15, -0.1) is 0 Å². The maximum absolute atomic E-state index is 15.1. The zero-order valence-electron chi connectivity index (χ0n) is 80.8. The lowest BCUT2D eigenvalue weighted by molar-refractivity contribution is -0.213. The Kier molecular flexibility index (Phi) is 28.8. The second kappa shape index (κ2) is 38.7. The lowest BCUT2D eigenvalue weighted by atomic mass is 9.43. The number of halogens is 3. The molecule has 2 saturated heterocycles. The molecule has 5 heterocycles. The van der Waals surface area contributed by atoms with Gasteiger partial charge in [0.15, 0.2) is 54.5 Å². The van der Waals surface area contributed by atoms with Crippen LogP contribution in [0.3, 0.4) is 0 Å². The minimum Gasteiger partial charge on any atom is -0.479 e. The number of nitrogens with zero attached hydrogens (tertiary/aromatic N) is 2. The molecule has 10 saturated carbocycles. The number of nitrogens with one attached hydrogen (secondary N) is 1. The lowest BCUT2D eigenvalue weighted by Gasteiger charge is -2.62. The number of fused-ring (bicyclic) bond motifs is 3. The van der Waals surface area contributed by atoms with Gasteiger partial charge in [-0.25, -0.2) is 27.6 Å². The van der Waals surface area contributed by atoms with Crippen molar-refractivity contribution >= 4 is 90.7 Å². The second-order valence-electron chi connectivity index (χ2n) is 45.1. The molecular weight excluding hydrogens is 1760 g/mol. The number of benzene rings is 3. The van der Waals surface area contributed by atoms with Gasteiger partial charge >= 0.3 is 39.3 Å². The molecule has 3 aromatic rings. The molecule has 18 rings (SSSR count). The Hall–Kier alpha value is -7.57. The first-order valence-electron chi connectivity index (χ1n) is 49.9. The van der Waals surface area contributed by atoms with Gasteiger partial charge in [0, 0.05) is 121 Å². The highest BCUT2D eigenvalue weighted by molar-refractivity contribution is 6.62. The van der Waals surface area contributed by atoms with Crippen molar-refractivity contribution in [2.75, 3.05) is 46.0 Å². The molecule has 9 N–H and O–H groups in total. The van der Waals surface area contributed by atoms with Crippen LogP contribution in [0, 0.1) is 119 Å². The molecule has 0 aromatic heterocycles. The van der Waals surface area contributed by atoms with Crippen LogP contribution in [-0.2, 0) is 91.1 Å². The Labute approximate surface area is 795 Å². The number of Topliss-reactive ketones (excluding diaryl/α,β-unsaturated/α-hetero) is 3. The zero-order valence-corrected chi connectivity index (χ0v) is 80.8. The Bertz CT molecular complexity index is 4890. The van der Waals surface area contributed by atoms with E-state index >= 15 is 13.2 Å². The van der Waals surface area contributed by atoms with Crippen molar-refractivity contribution in [2.45, 2.75) is 318 Å². The van der Waals surface area contributed by atoms with Gasteiger partial charge in [0.2, 0.25) is 17.7 Å². The summed E-state index contributed by atoms with van der Waals surface area (Å²) in [7, 11) is -4.22. The maximum atomic E-state index is 15.1. The summed E-state index contributed by atoms with van der Waals surface area (Å²) in [6, 6.07) is 9.17. The number of aliphatic hydroxyl groups is 5. The van der Waals surface area contributed by atoms with E-state index in [1.54, 1.807) is 28.0 Å². The van der Waals surface area contributed by atoms with Crippen LogP contribution in [0.1, 0.15) is 260 Å². The predicted octanol–water partition coefficient (Wildman–Crippen LogP) is 8.23. The molecule has 29 nitrogen and oxygen atoms in total. The molecule has 744 valence electrons. The molecule has 3 aromatic carbocycles. The van der Waals surface area contributed by atoms with Gasteiger partial charge in [0.1, 0.15) is 35.7 Å². The van der Waals surface area contributed by atoms with Crippen LogP contribution in [0.2, 0.25) is 0 Å². The van der Waals surface area contributed by atoms with E-state index in [-0.39, 0.29) is 175 Å². The molecule has 0 spiro atoms. The molecule has 0 radical (unpaired) electrons. The lowest BCUT2D eigenvalue weighted by Crippen LogP contribution is -2.63. The third-order valence-electron chi connectivity index (χ3n) is 37.9. The normalized spacial score (nSPS) is 38.4. The van der Waals surface area contributed by atoms with Crippen molar-refractivity contribution in [1.29, 1.82) is 0 Å². The van der Waals surface area contributed by atoms with Gasteiger partial charge < -0.3 is 98.1 Å². The number of hydrogen-bond acceptors (Lipinski definition) is 26. The van der Waals surface area contributed by atoms with Gasteiger partial charge in [-0.3, -0.25) is 28.8 Å². The van der Waals surface area contributed by atoms with Crippen LogP contribution >= 0.6 is 0 Å². The number of hydrogen-bond donors (Lipinski definition) is 9. The molecule has 15 aliphatic rings. The fraction of sp³-hybridized carbons (Fsp3) is 0.733. The highest BCUT2D eigenvalue weighted by atomic mass is 19.1. The van der Waals surface area contributed by atoms with E-state index in [0.717, 1.165) is 51.4 Å². The van der Waals surface area contributed by atoms with Crippen LogP contribution in [0.25, 0.3) is 0 Å². The van der Waals surface area contributed by atoms with Gasteiger partial charge in [0.25, 0.3) is 0 Å². The van der Waals surface area contributed by atoms with Crippen molar-refractivity contribution in [3.8, 4) is 17.2 Å². The number of ether oxygens (including phenoxy) is 6. The zero-order chi connectivity index (χ0) is 98.0. The largest absolute Gasteiger partial charge is 0.494 e. The minimum atomic E-state index is -1.41. The summed E-state index contributed by atoms with van der Waals surface area (Å²) >= 11 is 0. The smallest absolute Gasteiger partial charge is 0.479 e. The fourth-order valence-corrected chi connectivity index (χ4v) is 28.9. The number of esters is 3. The Morgan fingerprint density at radius 3 is 1.00 bits per heavy atom. The van der Waals surface area contributed by atoms with Gasteiger partial charge in [-0.1, -0.05) is 101 Å². The second-order valence-corrected chi connectivity index (χ2v) is 45.1. The number of rotatable bonds is 22. The third kappa shape index (κ3) is 18.1. The molecule has 26 atom stereocenters. The average molecular weight is 1900 g/mol. The monoisotopic (exact) mass is 1900 g/mol. The number of likely N-dealkylation sites (tertiary alicyclic amines) is 2. The van der Waals surface area contributed by atoms with Gasteiger partial charge in [0.05, 0.1) is 50.3 Å². The number of aliphatic hydroxyl groups excluding tert-OH is 5. The highest BCUT2D eigenvalue weighted by Crippen LogP contribution is 2.72. The molecule has 5 aliphatic heterocycles. The predicted molar refractivity (Wildman–Crippen MR) is 489 cm³/mol. The molecule has 136 heavy (non-hydrogen) atoms. The molecule has 6 bridgehead atoms. The molecular formula is C101H139B3F3N3O26. The number of carbonyl (C=O) groups excluding carboxylic acids is 9. The number of carbonyl (C=O) groups is 9. The number of ketones is 3. The van der Waals surface area contributed by atoms with Crippen molar-refractivity contribution in [1.82, 2.24) is 15.1 Å². The van der Waals surface area contributed by atoms with E-state index in [4.69, 9.17) is 42.4 Å². The summed E-state index contributed by atoms with van der Waals surface area (Å²) in [6.45, 7) is 24.5. The number of amides is 3. The third-order valence-corrected chi connectivity index (χ3v) is 37.9. The molecule has 35 heteroatoms. The molecule has 12 fully saturated rings. The quantitative estimate of drug-likeness (QED) is 0.0260. The first kappa shape index (κ1) is 101. The van der Waals surface area contributed by atoms with E-state index in [2.05, 4.69) is 39.9 Å². The minimum absolute atomic E-state index is 0.000101. The fourth-order valence-electron chi connectivity index (χ4n) is 28.9. The topological polar surface area (TPSA) is 417 Å². The van der Waals surface area contributed by atoms with Crippen LogP contribution in [0.15, 0.2) is 36.4 Å². The summed E-state index contributed by atoms with van der Waals surface area (Å²) in [4.78, 5) is 124. The Morgan fingerprint density at radius 1 is 0.426 bits per heavy atom. The summed E-state index contributed by atoms with van der Waals surface area (Å²) in [5, 5.41) is 89.3. The average Bonchev–Trinajstić information content (AvgIpc) is 1.51. The van der Waals surface area contributed by atoms with Gasteiger partial charge in [-0.2, -0.15) is 0 Å². The first-order valence-corrected chi connectivity index (χ1v) is 49.9. The maximum Gasteiger partial charge on any atom is 0.494 e. The summed E-state index contributed by atoms with van der Waals surface area (Å²) in [5.41, 5.74) is -4.44.